The van der Waals surface area contributed by atoms with Gasteiger partial charge < -0.3 is 14.4 Å². The van der Waals surface area contributed by atoms with Gasteiger partial charge in [0.1, 0.15) is 0 Å². The van der Waals surface area contributed by atoms with Crippen LogP contribution in [0.15, 0.2) is 42.5 Å². The minimum absolute atomic E-state index is 0.0176. The van der Waals surface area contributed by atoms with Crippen LogP contribution in [0.3, 0.4) is 0 Å². The molecule has 0 N–H and O–H groups in total. The molecule has 0 aromatic heterocycles. The normalized spacial score (nSPS) is 10.3. The van der Waals surface area contributed by atoms with E-state index in [4.69, 9.17) is 32.7 Å². The van der Waals surface area contributed by atoms with E-state index in [9.17, 15) is 4.79 Å². The highest BCUT2D eigenvalue weighted by atomic mass is 35.5. The molecular weight excluding hydrogens is 349 g/mol. The van der Waals surface area contributed by atoms with Gasteiger partial charge in [-0.3, -0.25) is 4.79 Å². The topological polar surface area (TPSA) is 38.8 Å². The summed E-state index contributed by atoms with van der Waals surface area (Å²) in [5, 5.41) is 0.981. The predicted octanol–water partition coefficient (Wildman–Crippen LogP) is 4.43. The summed E-state index contributed by atoms with van der Waals surface area (Å²) >= 11 is 11.9. The SMILES string of the molecule is COc1ccccc1OCCC(=O)N(C)Cc1ccc(Cl)c(Cl)c1. The summed E-state index contributed by atoms with van der Waals surface area (Å²) in [6, 6.07) is 12.7. The zero-order valence-corrected chi connectivity index (χ0v) is 15.1. The molecule has 2 aromatic carbocycles. The molecule has 0 aliphatic heterocycles. The first-order valence-electron chi connectivity index (χ1n) is 7.45. The van der Waals surface area contributed by atoms with E-state index in [2.05, 4.69) is 0 Å². The third-order valence-electron chi connectivity index (χ3n) is 3.47. The lowest BCUT2D eigenvalue weighted by molar-refractivity contribution is -0.130. The van der Waals surface area contributed by atoms with Crippen molar-refractivity contribution in [3.8, 4) is 11.5 Å². The van der Waals surface area contributed by atoms with Gasteiger partial charge in [-0.05, 0) is 29.8 Å². The fraction of sp³-hybridized carbons (Fsp3) is 0.278. The highest BCUT2D eigenvalue weighted by Gasteiger charge is 2.11. The number of amides is 1. The molecule has 0 spiro atoms. The summed E-state index contributed by atoms with van der Waals surface area (Å²) in [7, 11) is 3.33. The van der Waals surface area contributed by atoms with Crippen molar-refractivity contribution in [2.24, 2.45) is 0 Å². The van der Waals surface area contributed by atoms with Crippen molar-refractivity contribution >= 4 is 29.1 Å². The van der Waals surface area contributed by atoms with Gasteiger partial charge in [0.05, 0.1) is 30.2 Å². The maximum absolute atomic E-state index is 12.2. The zero-order chi connectivity index (χ0) is 17.5. The molecule has 0 heterocycles. The van der Waals surface area contributed by atoms with Gasteiger partial charge in [0.2, 0.25) is 5.91 Å². The largest absolute Gasteiger partial charge is 0.493 e. The highest BCUT2D eigenvalue weighted by molar-refractivity contribution is 6.42. The summed E-state index contributed by atoms with van der Waals surface area (Å²) in [6.45, 7) is 0.745. The van der Waals surface area contributed by atoms with Crippen molar-refractivity contribution in [3.63, 3.8) is 0 Å². The number of nitrogens with zero attached hydrogens (tertiary/aromatic N) is 1. The first-order valence-corrected chi connectivity index (χ1v) is 8.20. The Morgan fingerprint density at radius 2 is 1.79 bits per heavy atom. The molecule has 0 aliphatic carbocycles. The van der Waals surface area contributed by atoms with Crippen LogP contribution in [0.1, 0.15) is 12.0 Å². The maximum atomic E-state index is 12.2. The number of rotatable bonds is 7. The van der Waals surface area contributed by atoms with Crippen LogP contribution < -0.4 is 9.47 Å². The average Bonchev–Trinajstić information content (AvgIpc) is 2.58. The molecule has 2 rings (SSSR count). The molecule has 2 aromatic rings. The molecular formula is C18H19Cl2NO3. The fourth-order valence-corrected chi connectivity index (χ4v) is 2.50. The third kappa shape index (κ3) is 5.05. The smallest absolute Gasteiger partial charge is 0.226 e. The van der Waals surface area contributed by atoms with Gasteiger partial charge in [-0.15, -0.1) is 0 Å². The monoisotopic (exact) mass is 367 g/mol. The Balaban J connectivity index is 1.84. The second-order valence-electron chi connectivity index (χ2n) is 5.25. The van der Waals surface area contributed by atoms with E-state index in [1.54, 1.807) is 31.2 Å². The van der Waals surface area contributed by atoms with Gasteiger partial charge in [0, 0.05) is 13.6 Å². The van der Waals surface area contributed by atoms with E-state index in [1.165, 1.54) is 0 Å². The number of methoxy groups -OCH3 is 1. The number of benzene rings is 2. The minimum Gasteiger partial charge on any atom is -0.493 e. The number of carbonyl (C=O) groups is 1. The first kappa shape index (κ1) is 18.4. The number of halogens is 2. The van der Waals surface area contributed by atoms with Crippen molar-refractivity contribution in [1.29, 1.82) is 0 Å². The molecule has 6 heteroatoms. The van der Waals surface area contributed by atoms with Crippen molar-refractivity contribution in [2.45, 2.75) is 13.0 Å². The van der Waals surface area contributed by atoms with E-state index in [-0.39, 0.29) is 18.9 Å². The Labute approximate surface area is 151 Å². The van der Waals surface area contributed by atoms with Crippen LogP contribution in [0.25, 0.3) is 0 Å². The minimum atomic E-state index is -0.0176. The van der Waals surface area contributed by atoms with Crippen molar-refractivity contribution < 1.29 is 14.3 Å². The summed E-state index contributed by atoms with van der Waals surface area (Å²) in [5.41, 5.74) is 0.922. The Morgan fingerprint density at radius 3 is 2.46 bits per heavy atom. The van der Waals surface area contributed by atoms with Crippen LogP contribution in [0, 0.1) is 0 Å². The molecule has 24 heavy (non-hydrogen) atoms. The van der Waals surface area contributed by atoms with E-state index in [0.29, 0.717) is 28.1 Å². The molecule has 0 saturated carbocycles. The van der Waals surface area contributed by atoms with Crippen molar-refractivity contribution in [2.75, 3.05) is 20.8 Å². The summed E-state index contributed by atoms with van der Waals surface area (Å²) in [6.07, 6.45) is 0.274. The molecule has 0 saturated heterocycles. The fourth-order valence-electron chi connectivity index (χ4n) is 2.18. The van der Waals surface area contributed by atoms with Gasteiger partial charge >= 0.3 is 0 Å². The Bertz CT molecular complexity index is 706. The zero-order valence-electron chi connectivity index (χ0n) is 13.6. The van der Waals surface area contributed by atoms with E-state index >= 15 is 0 Å². The molecule has 1 amide bonds. The van der Waals surface area contributed by atoms with Crippen molar-refractivity contribution in [1.82, 2.24) is 4.90 Å². The van der Waals surface area contributed by atoms with Crippen LogP contribution in [-0.4, -0.2) is 31.6 Å². The quantitative estimate of drug-likeness (QED) is 0.726. The summed E-state index contributed by atoms with van der Waals surface area (Å²) < 4.78 is 10.8. The number of hydrogen-bond donors (Lipinski definition) is 0. The highest BCUT2D eigenvalue weighted by Crippen LogP contribution is 2.26. The molecule has 0 radical (unpaired) electrons. The molecule has 0 fully saturated rings. The van der Waals surface area contributed by atoms with Gasteiger partial charge in [-0.25, -0.2) is 0 Å². The van der Waals surface area contributed by atoms with Gasteiger partial charge in [-0.2, -0.15) is 0 Å². The maximum Gasteiger partial charge on any atom is 0.226 e. The Hall–Kier alpha value is -1.91. The van der Waals surface area contributed by atoms with E-state index < -0.39 is 0 Å². The lowest BCUT2D eigenvalue weighted by atomic mass is 10.2. The van der Waals surface area contributed by atoms with Crippen LogP contribution in [0.2, 0.25) is 10.0 Å². The second-order valence-corrected chi connectivity index (χ2v) is 6.06. The van der Waals surface area contributed by atoms with Crippen molar-refractivity contribution in [3.05, 3.63) is 58.1 Å². The van der Waals surface area contributed by atoms with E-state index in [1.807, 2.05) is 30.3 Å². The van der Waals surface area contributed by atoms with Crippen LogP contribution in [-0.2, 0) is 11.3 Å². The molecule has 0 atom stereocenters. The van der Waals surface area contributed by atoms with Crippen LogP contribution in [0.4, 0.5) is 0 Å². The summed E-state index contributed by atoms with van der Waals surface area (Å²) in [5.74, 6) is 1.25. The summed E-state index contributed by atoms with van der Waals surface area (Å²) in [4.78, 5) is 13.8. The van der Waals surface area contributed by atoms with Crippen LogP contribution >= 0.6 is 23.2 Å². The first-order chi connectivity index (χ1) is 11.5. The third-order valence-corrected chi connectivity index (χ3v) is 4.21. The number of carbonyl (C=O) groups excluding carboxylic acids is 1. The molecule has 128 valence electrons. The lowest BCUT2D eigenvalue weighted by Gasteiger charge is -2.18. The lowest BCUT2D eigenvalue weighted by Crippen LogP contribution is -2.27. The molecule has 0 aliphatic rings. The molecule has 0 unspecified atom stereocenters. The van der Waals surface area contributed by atoms with Gasteiger partial charge in [0.15, 0.2) is 11.5 Å². The van der Waals surface area contributed by atoms with Gasteiger partial charge in [0.25, 0.3) is 0 Å². The molecule has 4 nitrogen and oxygen atoms in total. The average molecular weight is 368 g/mol. The number of ether oxygens (including phenoxy) is 2. The van der Waals surface area contributed by atoms with E-state index in [0.717, 1.165) is 5.56 Å². The van der Waals surface area contributed by atoms with Crippen LogP contribution in [0.5, 0.6) is 11.5 Å². The second kappa shape index (κ2) is 8.81. The number of hydrogen-bond acceptors (Lipinski definition) is 3. The number of para-hydroxylation sites is 2. The Morgan fingerprint density at radius 1 is 1.08 bits per heavy atom. The molecule has 0 bridgehead atoms. The Kier molecular flexibility index (Phi) is 6.76. The predicted molar refractivity (Wildman–Crippen MR) is 96.0 cm³/mol. The standard InChI is InChI=1S/C18H19Cl2NO3/c1-21(12-13-7-8-14(19)15(20)11-13)18(22)9-10-24-17-6-4-3-5-16(17)23-2/h3-8,11H,9-10,12H2,1-2H3. The van der Waals surface area contributed by atoms with Gasteiger partial charge in [-0.1, -0.05) is 41.4 Å².